The fraction of sp³-hybridized carbons (Fsp3) is 0.600. The maximum absolute atomic E-state index is 11.3. The van der Waals surface area contributed by atoms with Crippen LogP contribution in [0.4, 0.5) is 11.5 Å². The van der Waals surface area contributed by atoms with Crippen molar-refractivity contribution in [2.45, 2.75) is 32.7 Å². The SMILES string of the molecule is CCc1nn(C)c(NC(C)(C)C(N)=O)c1[N+](=O)[O-]. The third-order valence-electron chi connectivity index (χ3n) is 2.66. The van der Waals surface area contributed by atoms with Gasteiger partial charge >= 0.3 is 5.69 Å². The predicted molar refractivity (Wildman–Crippen MR) is 66.1 cm³/mol. The van der Waals surface area contributed by atoms with E-state index >= 15 is 0 Å². The van der Waals surface area contributed by atoms with E-state index in [2.05, 4.69) is 10.4 Å². The summed E-state index contributed by atoms with van der Waals surface area (Å²) in [7, 11) is 1.57. The van der Waals surface area contributed by atoms with Gasteiger partial charge in [-0.3, -0.25) is 14.9 Å². The number of amides is 1. The molecular formula is C10H17N5O3. The lowest BCUT2D eigenvalue weighted by Crippen LogP contribution is -2.45. The summed E-state index contributed by atoms with van der Waals surface area (Å²) in [6, 6.07) is 0. The Morgan fingerprint density at radius 1 is 1.61 bits per heavy atom. The lowest BCUT2D eigenvalue weighted by atomic mass is 10.1. The van der Waals surface area contributed by atoms with E-state index in [4.69, 9.17) is 5.73 Å². The van der Waals surface area contributed by atoms with Crippen LogP contribution in [0, 0.1) is 10.1 Å². The van der Waals surface area contributed by atoms with Crippen LogP contribution in [0.1, 0.15) is 26.5 Å². The number of hydrogen-bond donors (Lipinski definition) is 2. The van der Waals surface area contributed by atoms with Gasteiger partial charge in [-0.2, -0.15) is 5.10 Å². The zero-order valence-electron chi connectivity index (χ0n) is 10.9. The Hall–Kier alpha value is -2.12. The zero-order chi connectivity index (χ0) is 14.1. The van der Waals surface area contributed by atoms with Gasteiger partial charge in [-0.1, -0.05) is 6.92 Å². The van der Waals surface area contributed by atoms with Gasteiger partial charge in [0.2, 0.25) is 11.7 Å². The first-order valence-corrected chi connectivity index (χ1v) is 5.49. The molecular weight excluding hydrogens is 238 g/mol. The van der Waals surface area contributed by atoms with E-state index in [1.165, 1.54) is 4.68 Å². The number of rotatable bonds is 5. The van der Waals surface area contributed by atoms with Gasteiger partial charge < -0.3 is 11.1 Å². The highest BCUT2D eigenvalue weighted by atomic mass is 16.6. The fourth-order valence-corrected chi connectivity index (χ4v) is 1.50. The van der Waals surface area contributed by atoms with Crippen LogP contribution in [-0.4, -0.2) is 26.1 Å². The smallest absolute Gasteiger partial charge is 0.334 e. The molecule has 18 heavy (non-hydrogen) atoms. The van der Waals surface area contributed by atoms with Crippen molar-refractivity contribution in [1.82, 2.24) is 9.78 Å². The minimum absolute atomic E-state index is 0.116. The molecule has 1 amide bonds. The van der Waals surface area contributed by atoms with Crippen molar-refractivity contribution in [3.8, 4) is 0 Å². The average molecular weight is 255 g/mol. The number of hydrogen-bond acceptors (Lipinski definition) is 5. The first-order valence-electron chi connectivity index (χ1n) is 5.49. The summed E-state index contributed by atoms with van der Waals surface area (Å²) >= 11 is 0. The van der Waals surface area contributed by atoms with Crippen LogP contribution in [0.3, 0.4) is 0 Å². The van der Waals surface area contributed by atoms with Crippen molar-refractivity contribution in [1.29, 1.82) is 0 Å². The van der Waals surface area contributed by atoms with Crippen LogP contribution in [0.25, 0.3) is 0 Å². The number of carbonyl (C=O) groups excluding carboxylic acids is 1. The molecule has 0 aliphatic heterocycles. The summed E-state index contributed by atoms with van der Waals surface area (Å²) in [6.45, 7) is 4.88. The van der Waals surface area contributed by atoms with E-state index in [9.17, 15) is 14.9 Å². The van der Waals surface area contributed by atoms with Crippen LogP contribution in [0.2, 0.25) is 0 Å². The topological polar surface area (TPSA) is 116 Å². The van der Waals surface area contributed by atoms with Gasteiger partial charge in [0.1, 0.15) is 11.2 Å². The number of nitrogens with zero attached hydrogens (tertiary/aromatic N) is 3. The highest BCUT2D eigenvalue weighted by Gasteiger charge is 2.32. The van der Waals surface area contributed by atoms with Gasteiger partial charge in [-0.05, 0) is 20.3 Å². The Kier molecular flexibility index (Phi) is 3.59. The van der Waals surface area contributed by atoms with Gasteiger partial charge in [0.05, 0.1) is 4.92 Å². The van der Waals surface area contributed by atoms with Crippen LogP contribution in [-0.2, 0) is 18.3 Å². The molecule has 0 unspecified atom stereocenters. The van der Waals surface area contributed by atoms with Gasteiger partial charge in [0.15, 0.2) is 0 Å². The van der Waals surface area contributed by atoms with Gasteiger partial charge in [-0.15, -0.1) is 0 Å². The molecule has 100 valence electrons. The number of nitrogens with two attached hydrogens (primary N) is 1. The predicted octanol–water partition coefficient (Wildman–Crippen LogP) is 0.567. The fourth-order valence-electron chi connectivity index (χ4n) is 1.50. The van der Waals surface area contributed by atoms with Crippen molar-refractivity contribution >= 4 is 17.4 Å². The minimum atomic E-state index is -1.09. The summed E-state index contributed by atoms with van der Waals surface area (Å²) in [5.74, 6) is -0.420. The summed E-state index contributed by atoms with van der Waals surface area (Å²) < 4.78 is 1.35. The second-order valence-corrected chi connectivity index (χ2v) is 4.49. The molecule has 0 spiro atoms. The Morgan fingerprint density at radius 2 is 2.17 bits per heavy atom. The maximum atomic E-state index is 11.3. The molecule has 8 nitrogen and oxygen atoms in total. The quantitative estimate of drug-likeness (QED) is 0.589. The molecule has 0 bridgehead atoms. The van der Waals surface area contributed by atoms with E-state index in [-0.39, 0.29) is 11.5 Å². The number of nitro groups is 1. The van der Waals surface area contributed by atoms with E-state index in [0.717, 1.165) is 0 Å². The van der Waals surface area contributed by atoms with E-state index in [0.29, 0.717) is 12.1 Å². The van der Waals surface area contributed by atoms with E-state index < -0.39 is 16.4 Å². The summed E-state index contributed by atoms with van der Waals surface area (Å²) in [5, 5.41) is 17.9. The summed E-state index contributed by atoms with van der Waals surface area (Å²) in [6.07, 6.45) is 0.433. The van der Waals surface area contributed by atoms with E-state index in [1.54, 1.807) is 27.8 Å². The standard InChI is InChI=1S/C10H17N5O3/c1-5-6-7(15(17)18)8(14(4)13-6)12-10(2,3)9(11)16/h12H,5H2,1-4H3,(H2,11,16). The zero-order valence-corrected chi connectivity index (χ0v) is 10.9. The Labute approximate surface area is 104 Å². The number of nitrogens with one attached hydrogen (secondary N) is 1. The molecule has 3 N–H and O–H groups in total. The second kappa shape index (κ2) is 4.63. The average Bonchev–Trinajstić information content (AvgIpc) is 2.54. The number of aromatic nitrogens is 2. The lowest BCUT2D eigenvalue weighted by molar-refractivity contribution is -0.384. The maximum Gasteiger partial charge on any atom is 0.334 e. The summed E-state index contributed by atoms with van der Waals surface area (Å²) in [5.41, 5.74) is 4.39. The molecule has 1 rings (SSSR count). The van der Waals surface area contributed by atoms with Crippen molar-refractivity contribution in [2.75, 3.05) is 5.32 Å². The molecule has 1 aromatic heterocycles. The number of primary amides is 1. The van der Waals surface area contributed by atoms with Crippen LogP contribution in [0.15, 0.2) is 0 Å². The molecule has 0 atom stereocenters. The highest BCUT2D eigenvalue weighted by molar-refractivity contribution is 5.87. The molecule has 1 heterocycles. The van der Waals surface area contributed by atoms with Gasteiger partial charge in [0.25, 0.3) is 0 Å². The first-order chi connectivity index (χ1) is 8.20. The molecule has 0 saturated heterocycles. The number of anilines is 1. The van der Waals surface area contributed by atoms with Crippen LogP contribution < -0.4 is 11.1 Å². The molecule has 0 aromatic carbocycles. The number of aryl methyl sites for hydroxylation is 2. The third-order valence-corrected chi connectivity index (χ3v) is 2.66. The van der Waals surface area contributed by atoms with Crippen molar-refractivity contribution in [2.24, 2.45) is 12.8 Å². The molecule has 0 fully saturated rings. The van der Waals surface area contributed by atoms with Crippen molar-refractivity contribution < 1.29 is 9.72 Å². The lowest BCUT2D eigenvalue weighted by Gasteiger charge is -2.22. The van der Waals surface area contributed by atoms with Gasteiger partial charge in [0, 0.05) is 7.05 Å². The molecule has 0 aliphatic carbocycles. The largest absolute Gasteiger partial charge is 0.368 e. The van der Waals surface area contributed by atoms with Crippen molar-refractivity contribution in [3.63, 3.8) is 0 Å². The third kappa shape index (κ3) is 2.41. The first kappa shape index (κ1) is 13.9. The molecule has 1 aromatic rings. The normalized spacial score (nSPS) is 11.3. The monoisotopic (exact) mass is 255 g/mol. The molecule has 0 saturated carbocycles. The van der Waals surface area contributed by atoms with Crippen LogP contribution >= 0.6 is 0 Å². The van der Waals surface area contributed by atoms with Crippen LogP contribution in [0.5, 0.6) is 0 Å². The second-order valence-electron chi connectivity index (χ2n) is 4.49. The number of carbonyl (C=O) groups is 1. The molecule has 0 aliphatic rings. The molecule has 8 heteroatoms. The Bertz CT molecular complexity index is 492. The van der Waals surface area contributed by atoms with Gasteiger partial charge in [-0.25, -0.2) is 4.68 Å². The summed E-state index contributed by atoms with van der Waals surface area (Å²) in [4.78, 5) is 21.8. The van der Waals surface area contributed by atoms with E-state index in [1.807, 2.05) is 0 Å². The molecule has 0 radical (unpaired) electrons. The van der Waals surface area contributed by atoms with Crippen molar-refractivity contribution in [3.05, 3.63) is 15.8 Å². The Morgan fingerprint density at radius 3 is 2.56 bits per heavy atom. The highest BCUT2D eigenvalue weighted by Crippen LogP contribution is 2.30. The Balaban J connectivity index is 3.28. The minimum Gasteiger partial charge on any atom is -0.368 e.